The van der Waals surface area contributed by atoms with Gasteiger partial charge in [-0.15, -0.1) is 0 Å². The summed E-state index contributed by atoms with van der Waals surface area (Å²) in [4.78, 5) is 13.0. The maximum absolute atomic E-state index is 13.0. The van der Waals surface area contributed by atoms with Crippen molar-refractivity contribution < 1.29 is 19.0 Å². The summed E-state index contributed by atoms with van der Waals surface area (Å²) in [7, 11) is 0. The Balaban J connectivity index is 0.860. The predicted octanol–water partition coefficient (Wildman–Crippen LogP) is 14.7. The van der Waals surface area contributed by atoms with E-state index >= 15 is 0 Å². The van der Waals surface area contributed by atoms with E-state index in [1.54, 1.807) is 5.57 Å². The summed E-state index contributed by atoms with van der Waals surface area (Å²) in [6, 6.07) is 16.1. The Hall–Kier alpha value is -3.19. The molecule has 0 N–H and O–H groups in total. The lowest BCUT2D eigenvalue weighted by molar-refractivity contribution is -0.151. The average Bonchev–Trinajstić information content (AvgIpc) is 3.58. The van der Waals surface area contributed by atoms with E-state index in [2.05, 4.69) is 66.4 Å². The number of carbonyl (C=O) groups excluding carboxylic acids is 1. The Morgan fingerprint density at radius 1 is 0.746 bits per heavy atom. The van der Waals surface area contributed by atoms with E-state index < -0.39 is 0 Å². The second kappa shape index (κ2) is 21.6. The van der Waals surface area contributed by atoms with Gasteiger partial charge in [-0.2, -0.15) is 0 Å². The molecule has 2 aromatic rings. The van der Waals surface area contributed by atoms with Gasteiger partial charge >= 0.3 is 5.97 Å². The van der Waals surface area contributed by atoms with E-state index in [-0.39, 0.29) is 23.6 Å². The van der Waals surface area contributed by atoms with Crippen molar-refractivity contribution >= 4 is 5.97 Å². The van der Waals surface area contributed by atoms with Crippen LogP contribution in [-0.4, -0.2) is 24.8 Å². The Kier molecular flexibility index (Phi) is 16.6. The summed E-state index contributed by atoms with van der Waals surface area (Å²) in [5.41, 5.74) is 4.35. The van der Waals surface area contributed by atoms with Gasteiger partial charge in [0.25, 0.3) is 0 Å². The maximum Gasteiger partial charge on any atom is 0.306 e. The van der Waals surface area contributed by atoms with Crippen LogP contribution in [0.5, 0.6) is 11.5 Å². The molecule has 3 saturated carbocycles. The van der Waals surface area contributed by atoms with Crippen molar-refractivity contribution in [1.29, 1.82) is 0 Å². The van der Waals surface area contributed by atoms with Gasteiger partial charge < -0.3 is 14.2 Å². The first-order valence-electron chi connectivity index (χ1n) is 24.4. The summed E-state index contributed by atoms with van der Waals surface area (Å²) >= 11 is 0. The molecular weight excluding hydrogens is 725 g/mol. The molecule has 0 bridgehead atoms. The maximum atomic E-state index is 13.0. The highest BCUT2D eigenvalue weighted by molar-refractivity contribution is 5.69. The molecule has 4 aliphatic rings. The fourth-order valence-electron chi connectivity index (χ4n) is 12.3. The van der Waals surface area contributed by atoms with E-state index in [1.165, 1.54) is 83.5 Å². The Morgan fingerprint density at radius 2 is 1.46 bits per heavy atom. The van der Waals surface area contributed by atoms with Gasteiger partial charge in [0.1, 0.15) is 17.6 Å². The molecule has 0 aliphatic heterocycles. The molecule has 0 spiro atoms. The van der Waals surface area contributed by atoms with Gasteiger partial charge in [0, 0.05) is 24.0 Å². The molecule has 4 heteroatoms. The van der Waals surface area contributed by atoms with Gasteiger partial charge in [0.2, 0.25) is 0 Å². The van der Waals surface area contributed by atoms with E-state index in [0.29, 0.717) is 18.4 Å². The quantitative estimate of drug-likeness (QED) is 0.0579. The molecule has 324 valence electrons. The largest absolute Gasteiger partial charge is 0.494 e. The topological polar surface area (TPSA) is 44.8 Å². The molecule has 0 saturated heterocycles. The molecule has 2 aromatic carbocycles. The molecule has 6 rings (SSSR count). The number of hydrogen-bond acceptors (Lipinski definition) is 4. The van der Waals surface area contributed by atoms with Crippen LogP contribution in [0, 0.1) is 58.2 Å². The van der Waals surface area contributed by atoms with Gasteiger partial charge in [-0.1, -0.05) is 104 Å². The third-order valence-electron chi connectivity index (χ3n) is 15.7. The molecule has 4 nitrogen and oxygen atoms in total. The zero-order valence-corrected chi connectivity index (χ0v) is 38.3. The van der Waals surface area contributed by atoms with Gasteiger partial charge in [0.15, 0.2) is 0 Å². The number of allylic oxidation sites excluding steroid dienone is 1. The van der Waals surface area contributed by atoms with E-state index in [4.69, 9.17) is 14.2 Å². The highest BCUT2D eigenvalue weighted by Gasteiger charge is 2.59. The summed E-state index contributed by atoms with van der Waals surface area (Å²) in [6.07, 6.45) is 26.5. The van der Waals surface area contributed by atoms with Crippen LogP contribution in [0.3, 0.4) is 0 Å². The first-order chi connectivity index (χ1) is 28.5. The molecular formula is C55H80O4. The van der Waals surface area contributed by atoms with Crippen LogP contribution in [0.25, 0.3) is 0 Å². The zero-order valence-electron chi connectivity index (χ0n) is 38.3. The first-order valence-corrected chi connectivity index (χ1v) is 24.4. The Bertz CT molecular complexity index is 1690. The van der Waals surface area contributed by atoms with Crippen molar-refractivity contribution in [2.24, 2.45) is 46.3 Å². The number of ether oxygens (including phenoxy) is 3. The predicted molar refractivity (Wildman–Crippen MR) is 245 cm³/mol. The molecule has 0 heterocycles. The lowest BCUT2D eigenvalue weighted by atomic mass is 9.47. The summed E-state index contributed by atoms with van der Waals surface area (Å²) in [5, 5.41) is 0. The van der Waals surface area contributed by atoms with Crippen molar-refractivity contribution in [2.75, 3.05) is 6.61 Å². The van der Waals surface area contributed by atoms with Crippen LogP contribution in [0.15, 0.2) is 60.2 Å². The monoisotopic (exact) mass is 805 g/mol. The number of fused-ring (bicyclic) bond motifs is 5. The van der Waals surface area contributed by atoms with Gasteiger partial charge in [-0.25, -0.2) is 0 Å². The van der Waals surface area contributed by atoms with E-state index in [1.807, 2.05) is 48.5 Å². The molecule has 3 fully saturated rings. The molecule has 0 aromatic heterocycles. The summed E-state index contributed by atoms with van der Waals surface area (Å²) < 4.78 is 18.2. The fourth-order valence-corrected chi connectivity index (χ4v) is 12.3. The SMILES string of the molecule is CCCCCC[C@H](C)Oc1ccc(C#Cc2ccc(OCCCCCC(=O)O[C@H]3CC[C@@]4(C)C(=CC[C@H]5[C@@H]6CC[C@H]([C@H](C)CCCC(C)C)[C@@]6(C)CC[C@@H]54)C3)cc2)cc1. The van der Waals surface area contributed by atoms with Crippen LogP contribution < -0.4 is 9.47 Å². The smallest absolute Gasteiger partial charge is 0.306 e. The second-order valence-electron chi connectivity index (χ2n) is 20.4. The van der Waals surface area contributed by atoms with E-state index in [0.717, 1.165) is 96.7 Å². The van der Waals surface area contributed by atoms with Crippen LogP contribution in [0.1, 0.15) is 188 Å². The normalized spacial score (nSPS) is 28.3. The number of esters is 1. The minimum Gasteiger partial charge on any atom is -0.494 e. The molecule has 9 atom stereocenters. The van der Waals surface area contributed by atoms with Crippen LogP contribution in [0.4, 0.5) is 0 Å². The second-order valence-corrected chi connectivity index (χ2v) is 20.4. The fraction of sp³-hybridized carbons (Fsp3) is 0.691. The third kappa shape index (κ3) is 12.0. The molecule has 59 heavy (non-hydrogen) atoms. The third-order valence-corrected chi connectivity index (χ3v) is 15.7. The van der Waals surface area contributed by atoms with Gasteiger partial charge in [-0.3, -0.25) is 4.79 Å². The molecule has 4 aliphatic carbocycles. The number of hydrogen-bond donors (Lipinski definition) is 0. The highest BCUT2D eigenvalue weighted by Crippen LogP contribution is 2.67. The number of carbonyl (C=O) groups is 1. The van der Waals surface area contributed by atoms with Crippen molar-refractivity contribution in [2.45, 2.75) is 189 Å². The zero-order chi connectivity index (χ0) is 41.8. The highest BCUT2D eigenvalue weighted by atomic mass is 16.5. The summed E-state index contributed by atoms with van der Waals surface area (Å²) in [5.74, 6) is 13.4. The van der Waals surface area contributed by atoms with E-state index in [9.17, 15) is 4.79 Å². The minimum atomic E-state index is -0.0227. The first kappa shape index (κ1) is 45.3. The molecule has 0 amide bonds. The standard InChI is InChI=1S/C55H80O4/c1-8-9-10-12-18-42(5)58-47-29-24-44(25-30-47)21-20-43-22-27-46(28-23-43)57-38-14-11-13-19-53(56)59-48-34-36-54(6)45(39-48)26-31-49-51-33-32-50(41(4)17-15-16-40(2)3)55(51,7)37-35-52(49)54/h22-30,40-42,48-52H,8-19,31-39H2,1-7H3/t41-,42+,48+,49+,50-,51+,52+,54+,55-/m1/s1. The number of rotatable bonds is 20. The molecule has 0 radical (unpaired) electrons. The van der Waals surface area contributed by atoms with Crippen molar-refractivity contribution in [1.82, 2.24) is 0 Å². The van der Waals surface area contributed by atoms with Gasteiger partial charge in [-0.05, 0) is 179 Å². The number of unbranched alkanes of at least 4 members (excludes halogenated alkanes) is 5. The van der Waals surface area contributed by atoms with Crippen LogP contribution >= 0.6 is 0 Å². The van der Waals surface area contributed by atoms with Crippen LogP contribution in [-0.2, 0) is 9.53 Å². The lowest BCUT2D eigenvalue weighted by Gasteiger charge is -2.58. The molecule has 0 unspecified atom stereocenters. The average molecular weight is 805 g/mol. The van der Waals surface area contributed by atoms with Crippen LogP contribution in [0.2, 0.25) is 0 Å². The Morgan fingerprint density at radius 3 is 2.17 bits per heavy atom. The Labute approximate surface area is 360 Å². The van der Waals surface area contributed by atoms with Gasteiger partial charge in [0.05, 0.1) is 12.7 Å². The lowest BCUT2D eigenvalue weighted by Crippen LogP contribution is -2.51. The minimum absolute atomic E-state index is 0.0227. The van der Waals surface area contributed by atoms with Crippen molar-refractivity contribution in [3.05, 3.63) is 71.3 Å². The number of benzene rings is 2. The van der Waals surface area contributed by atoms with Crippen molar-refractivity contribution in [3.8, 4) is 23.3 Å². The van der Waals surface area contributed by atoms with Crippen molar-refractivity contribution in [3.63, 3.8) is 0 Å². The summed E-state index contributed by atoms with van der Waals surface area (Å²) in [6.45, 7) is 17.6.